The predicted molar refractivity (Wildman–Crippen MR) is 77.4 cm³/mol. The summed E-state index contributed by atoms with van der Waals surface area (Å²) in [5, 5.41) is 3.78. The molecule has 0 aliphatic heterocycles. The standard InChI is InChI=1S/C15H20F3NS/c1-2-19-13(9-20-10-5-3-4-6-10)11-7-8-12(16)15(18)14(11)17/h7-8,10,13,19H,2-6,9H2,1H3. The van der Waals surface area contributed by atoms with Gasteiger partial charge in [0.05, 0.1) is 0 Å². The first kappa shape index (κ1) is 15.7. The van der Waals surface area contributed by atoms with Crippen LogP contribution in [0.4, 0.5) is 13.2 Å². The third-order valence-electron chi connectivity index (χ3n) is 3.69. The maximum absolute atomic E-state index is 13.9. The monoisotopic (exact) mass is 303 g/mol. The Balaban J connectivity index is 2.08. The van der Waals surface area contributed by atoms with Gasteiger partial charge in [0, 0.05) is 22.6 Å². The number of hydrogen-bond acceptors (Lipinski definition) is 2. The lowest BCUT2D eigenvalue weighted by Crippen LogP contribution is -2.25. The largest absolute Gasteiger partial charge is 0.309 e. The van der Waals surface area contributed by atoms with Gasteiger partial charge in [0.1, 0.15) is 0 Å². The number of rotatable bonds is 6. The molecular formula is C15H20F3NS. The van der Waals surface area contributed by atoms with Gasteiger partial charge >= 0.3 is 0 Å². The minimum atomic E-state index is -1.38. The zero-order chi connectivity index (χ0) is 14.5. The molecule has 1 saturated carbocycles. The highest BCUT2D eigenvalue weighted by molar-refractivity contribution is 7.99. The van der Waals surface area contributed by atoms with E-state index in [1.54, 1.807) is 11.8 Å². The first-order valence-corrected chi connectivity index (χ1v) is 8.16. The molecule has 0 spiro atoms. The summed E-state index contributed by atoms with van der Waals surface area (Å²) in [7, 11) is 0. The Morgan fingerprint density at radius 1 is 1.20 bits per heavy atom. The Bertz CT molecular complexity index is 447. The van der Waals surface area contributed by atoms with Gasteiger partial charge < -0.3 is 5.32 Å². The lowest BCUT2D eigenvalue weighted by molar-refractivity contribution is 0.431. The molecule has 0 saturated heterocycles. The van der Waals surface area contributed by atoms with E-state index in [2.05, 4.69) is 5.32 Å². The second-order valence-electron chi connectivity index (χ2n) is 5.11. The van der Waals surface area contributed by atoms with Crippen molar-refractivity contribution in [2.45, 2.75) is 43.9 Å². The number of thioether (sulfide) groups is 1. The molecule has 1 aromatic rings. The summed E-state index contributed by atoms with van der Waals surface area (Å²) in [5.41, 5.74) is 0.219. The van der Waals surface area contributed by atoms with E-state index in [-0.39, 0.29) is 11.6 Å². The Kier molecular flexibility index (Phi) is 5.78. The highest BCUT2D eigenvalue weighted by Gasteiger charge is 2.23. The highest BCUT2D eigenvalue weighted by atomic mass is 32.2. The van der Waals surface area contributed by atoms with Crippen LogP contribution in [0.2, 0.25) is 0 Å². The molecule has 1 aliphatic carbocycles. The van der Waals surface area contributed by atoms with Gasteiger partial charge in [-0.25, -0.2) is 13.2 Å². The van der Waals surface area contributed by atoms with Crippen molar-refractivity contribution in [2.75, 3.05) is 12.3 Å². The van der Waals surface area contributed by atoms with Crippen LogP contribution in [-0.4, -0.2) is 17.5 Å². The third kappa shape index (κ3) is 3.70. The van der Waals surface area contributed by atoms with Crippen molar-refractivity contribution in [1.82, 2.24) is 5.32 Å². The molecule has 1 aromatic carbocycles. The molecule has 20 heavy (non-hydrogen) atoms. The van der Waals surface area contributed by atoms with Crippen molar-refractivity contribution in [3.8, 4) is 0 Å². The second kappa shape index (κ2) is 7.36. The summed E-state index contributed by atoms with van der Waals surface area (Å²) in [6.07, 6.45) is 4.90. The Labute approximate surface area is 122 Å². The van der Waals surface area contributed by atoms with E-state index in [0.717, 1.165) is 6.07 Å². The van der Waals surface area contributed by atoms with Gasteiger partial charge in [-0.3, -0.25) is 0 Å². The summed E-state index contributed by atoms with van der Waals surface area (Å²) < 4.78 is 40.2. The molecular weight excluding hydrogens is 283 g/mol. The van der Waals surface area contributed by atoms with E-state index < -0.39 is 17.5 Å². The van der Waals surface area contributed by atoms with Gasteiger partial charge in [-0.1, -0.05) is 25.8 Å². The van der Waals surface area contributed by atoms with E-state index in [4.69, 9.17) is 0 Å². The predicted octanol–water partition coefficient (Wildman–Crippen LogP) is 4.43. The number of hydrogen-bond donors (Lipinski definition) is 1. The summed E-state index contributed by atoms with van der Waals surface area (Å²) in [5.74, 6) is -2.90. The average molecular weight is 303 g/mol. The fourth-order valence-electron chi connectivity index (χ4n) is 2.60. The Morgan fingerprint density at radius 2 is 1.90 bits per heavy atom. The van der Waals surface area contributed by atoms with Crippen LogP contribution in [0.3, 0.4) is 0 Å². The minimum absolute atomic E-state index is 0.219. The first-order chi connectivity index (χ1) is 9.63. The maximum Gasteiger partial charge on any atom is 0.194 e. The highest BCUT2D eigenvalue weighted by Crippen LogP contribution is 2.33. The van der Waals surface area contributed by atoms with Crippen molar-refractivity contribution in [3.63, 3.8) is 0 Å². The molecule has 0 aromatic heterocycles. The lowest BCUT2D eigenvalue weighted by atomic mass is 10.1. The van der Waals surface area contributed by atoms with Crippen molar-refractivity contribution in [1.29, 1.82) is 0 Å². The minimum Gasteiger partial charge on any atom is -0.309 e. The molecule has 5 heteroatoms. The van der Waals surface area contributed by atoms with Gasteiger partial charge in [-0.2, -0.15) is 11.8 Å². The van der Waals surface area contributed by atoms with Crippen molar-refractivity contribution in [3.05, 3.63) is 35.1 Å². The molecule has 1 N–H and O–H groups in total. The summed E-state index contributed by atoms with van der Waals surface area (Å²) in [6.45, 7) is 2.58. The third-order valence-corrected chi connectivity index (χ3v) is 5.16. The fourth-order valence-corrected chi connectivity index (χ4v) is 4.03. The van der Waals surface area contributed by atoms with Crippen molar-refractivity contribution in [2.24, 2.45) is 0 Å². The molecule has 1 nitrogen and oxygen atoms in total. The lowest BCUT2D eigenvalue weighted by Gasteiger charge is -2.20. The Morgan fingerprint density at radius 3 is 2.55 bits per heavy atom. The van der Waals surface area contributed by atoms with E-state index in [9.17, 15) is 13.2 Å². The summed E-state index contributed by atoms with van der Waals surface area (Å²) in [6, 6.07) is 2.06. The number of benzene rings is 1. The van der Waals surface area contributed by atoms with Crippen LogP contribution in [0.1, 0.15) is 44.2 Å². The van der Waals surface area contributed by atoms with E-state index in [1.807, 2.05) is 6.92 Å². The Hall–Kier alpha value is -0.680. The van der Waals surface area contributed by atoms with Gasteiger partial charge in [-0.15, -0.1) is 0 Å². The summed E-state index contributed by atoms with van der Waals surface area (Å²) in [4.78, 5) is 0. The van der Waals surface area contributed by atoms with Crippen molar-refractivity contribution >= 4 is 11.8 Å². The molecule has 1 unspecified atom stereocenters. The van der Waals surface area contributed by atoms with Gasteiger partial charge in [0.15, 0.2) is 17.5 Å². The molecule has 2 rings (SSSR count). The number of halogens is 3. The smallest absolute Gasteiger partial charge is 0.194 e. The molecule has 0 radical (unpaired) electrons. The maximum atomic E-state index is 13.9. The van der Waals surface area contributed by atoms with Crippen LogP contribution in [0.25, 0.3) is 0 Å². The van der Waals surface area contributed by atoms with Crippen molar-refractivity contribution < 1.29 is 13.2 Å². The van der Waals surface area contributed by atoms with E-state index in [0.29, 0.717) is 17.5 Å². The van der Waals surface area contributed by atoms with Crippen LogP contribution < -0.4 is 5.32 Å². The molecule has 0 amide bonds. The quantitative estimate of drug-likeness (QED) is 0.780. The molecule has 0 heterocycles. The molecule has 1 aliphatic rings. The van der Waals surface area contributed by atoms with Crippen LogP contribution in [0.15, 0.2) is 12.1 Å². The zero-order valence-electron chi connectivity index (χ0n) is 11.6. The average Bonchev–Trinajstić information content (AvgIpc) is 2.95. The van der Waals surface area contributed by atoms with Gasteiger partial charge in [-0.05, 0) is 25.5 Å². The normalized spacial score (nSPS) is 17.6. The van der Waals surface area contributed by atoms with Gasteiger partial charge in [0.2, 0.25) is 0 Å². The second-order valence-corrected chi connectivity index (χ2v) is 6.45. The van der Waals surface area contributed by atoms with E-state index >= 15 is 0 Å². The first-order valence-electron chi connectivity index (χ1n) is 7.11. The fraction of sp³-hybridized carbons (Fsp3) is 0.600. The van der Waals surface area contributed by atoms with Crippen LogP contribution in [-0.2, 0) is 0 Å². The topological polar surface area (TPSA) is 12.0 Å². The molecule has 0 bridgehead atoms. The molecule has 1 fully saturated rings. The molecule has 1 atom stereocenters. The summed E-state index contributed by atoms with van der Waals surface area (Å²) >= 11 is 1.80. The number of nitrogens with one attached hydrogen (secondary N) is 1. The van der Waals surface area contributed by atoms with Gasteiger partial charge in [0.25, 0.3) is 0 Å². The SMILES string of the molecule is CCNC(CSC1CCCC1)c1ccc(F)c(F)c1F. The van der Waals surface area contributed by atoms with Crippen LogP contribution in [0.5, 0.6) is 0 Å². The van der Waals surface area contributed by atoms with E-state index in [1.165, 1.54) is 31.7 Å². The van der Waals surface area contributed by atoms with Crippen LogP contribution >= 0.6 is 11.8 Å². The molecule has 112 valence electrons. The van der Waals surface area contributed by atoms with Crippen LogP contribution in [0, 0.1) is 17.5 Å². The zero-order valence-corrected chi connectivity index (χ0v) is 12.4.